The van der Waals surface area contributed by atoms with Crippen LogP contribution in [0.15, 0.2) is 12.5 Å². The van der Waals surface area contributed by atoms with E-state index < -0.39 is 5.60 Å². The average Bonchev–Trinajstić information content (AvgIpc) is 3.11. The maximum absolute atomic E-state index is 13.3. The third kappa shape index (κ3) is 2.39. The molecule has 0 radical (unpaired) electrons. The number of rotatable bonds is 1. The van der Waals surface area contributed by atoms with Crippen molar-refractivity contribution in [2.24, 2.45) is 0 Å². The standard InChI is InChI=1S/C20H25N3O3/c1-12-13(2)18-16(14(3)17(12)24)5-6-20(4,26-18)19(25)22-7-8-23-11-21-9-15(23)10-22/h9,11,24H,5-8,10H2,1-4H3. The van der Waals surface area contributed by atoms with Gasteiger partial charge in [0.15, 0.2) is 5.60 Å². The Morgan fingerprint density at radius 1 is 1.23 bits per heavy atom. The molecule has 4 rings (SSSR count). The predicted octanol–water partition coefficient (Wildman–Crippen LogP) is 2.64. The van der Waals surface area contributed by atoms with E-state index in [1.54, 1.807) is 0 Å². The molecule has 3 heterocycles. The van der Waals surface area contributed by atoms with E-state index in [-0.39, 0.29) is 5.91 Å². The molecule has 1 amide bonds. The lowest BCUT2D eigenvalue weighted by Gasteiger charge is -2.40. The van der Waals surface area contributed by atoms with E-state index in [4.69, 9.17) is 4.74 Å². The normalized spacial score (nSPS) is 21.8. The quantitative estimate of drug-likeness (QED) is 0.854. The minimum absolute atomic E-state index is 0.0263. The Kier molecular flexibility index (Phi) is 3.75. The first-order valence-corrected chi connectivity index (χ1v) is 9.11. The number of imidazole rings is 1. The monoisotopic (exact) mass is 355 g/mol. The van der Waals surface area contributed by atoms with E-state index in [9.17, 15) is 9.90 Å². The van der Waals surface area contributed by atoms with Crippen LogP contribution in [-0.2, 0) is 24.3 Å². The van der Waals surface area contributed by atoms with Crippen LogP contribution in [0.3, 0.4) is 0 Å². The maximum atomic E-state index is 13.3. The van der Waals surface area contributed by atoms with Crippen LogP contribution >= 0.6 is 0 Å². The molecular weight excluding hydrogens is 330 g/mol. The van der Waals surface area contributed by atoms with E-state index in [0.29, 0.717) is 25.3 Å². The largest absolute Gasteiger partial charge is 0.507 e. The predicted molar refractivity (Wildman–Crippen MR) is 97.3 cm³/mol. The molecule has 0 saturated heterocycles. The van der Waals surface area contributed by atoms with Crippen molar-refractivity contribution in [3.63, 3.8) is 0 Å². The summed E-state index contributed by atoms with van der Waals surface area (Å²) < 4.78 is 8.41. The summed E-state index contributed by atoms with van der Waals surface area (Å²) in [7, 11) is 0. The average molecular weight is 355 g/mol. The SMILES string of the molecule is Cc1c(C)c2c(c(C)c1O)CCC(C)(C(=O)N1CCn3cncc3C1)O2. The Bertz CT molecular complexity index is 902. The number of ether oxygens (including phenoxy) is 1. The number of nitrogens with zero attached hydrogens (tertiary/aromatic N) is 3. The van der Waals surface area contributed by atoms with E-state index >= 15 is 0 Å². The first kappa shape index (κ1) is 16.9. The van der Waals surface area contributed by atoms with Gasteiger partial charge in [0.1, 0.15) is 11.5 Å². The summed E-state index contributed by atoms with van der Waals surface area (Å²) in [5, 5.41) is 10.3. The smallest absolute Gasteiger partial charge is 0.266 e. The molecular formula is C20H25N3O3. The number of fused-ring (bicyclic) bond motifs is 2. The molecule has 0 saturated carbocycles. The number of aromatic nitrogens is 2. The van der Waals surface area contributed by atoms with Gasteiger partial charge in [-0.2, -0.15) is 0 Å². The van der Waals surface area contributed by atoms with E-state index in [0.717, 1.165) is 46.7 Å². The van der Waals surface area contributed by atoms with Crippen molar-refractivity contribution in [1.29, 1.82) is 0 Å². The number of amides is 1. The number of phenols is 1. The number of hydrogen-bond donors (Lipinski definition) is 1. The van der Waals surface area contributed by atoms with E-state index in [2.05, 4.69) is 9.55 Å². The van der Waals surface area contributed by atoms with Crippen molar-refractivity contribution in [3.8, 4) is 11.5 Å². The van der Waals surface area contributed by atoms with Gasteiger partial charge in [-0.1, -0.05) is 0 Å². The Morgan fingerprint density at radius 2 is 2.00 bits per heavy atom. The third-order valence-corrected chi connectivity index (χ3v) is 6.02. The summed E-state index contributed by atoms with van der Waals surface area (Å²) in [6.45, 7) is 9.64. The van der Waals surface area contributed by atoms with Gasteiger partial charge < -0.3 is 19.3 Å². The maximum Gasteiger partial charge on any atom is 0.266 e. The Balaban J connectivity index is 1.64. The van der Waals surface area contributed by atoms with E-state index in [1.165, 1.54) is 0 Å². The molecule has 1 aromatic heterocycles. The molecule has 1 atom stereocenters. The number of carbonyl (C=O) groups excluding carboxylic acids is 1. The number of benzene rings is 1. The van der Waals surface area contributed by atoms with Gasteiger partial charge in [-0.3, -0.25) is 4.79 Å². The highest BCUT2D eigenvalue weighted by Gasteiger charge is 2.43. The van der Waals surface area contributed by atoms with Crippen molar-refractivity contribution in [1.82, 2.24) is 14.5 Å². The van der Waals surface area contributed by atoms with Gasteiger partial charge in [0, 0.05) is 31.3 Å². The summed E-state index contributed by atoms with van der Waals surface area (Å²) in [5.74, 6) is 1.13. The van der Waals surface area contributed by atoms with Crippen LogP contribution in [-0.4, -0.2) is 37.6 Å². The molecule has 6 nitrogen and oxygen atoms in total. The lowest BCUT2D eigenvalue weighted by Crippen LogP contribution is -2.54. The fourth-order valence-electron chi connectivity index (χ4n) is 4.09. The van der Waals surface area contributed by atoms with Crippen molar-refractivity contribution in [2.75, 3.05) is 6.54 Å². The van der Waals surface area contributed by atoms with Gasteiger partial charge in [-0.05, 0) is 50.8 Å². The lowest BCUT2D eigenvalue weighted by molar-refractivity contribution is -0.149. The van der Waals surface area contributed by atoms with Gasteiger partial charge in [-0.15, -0.1) is 0 Å². The van der Waals surface area contributed by atoms with Crippen LogP contribution in [0.1, 0.15) is 41.3 Å². The number of hydrogen-bond acceptors (Lipinski definition) is 4. The van der Waals surface area contributed by atoms with Crippen molar-refractivity contribution in [3.05, 3.63) is 40.5 Å². The zero-order valence-corrected chi connectivity index (χ0v) is 15.8. The summed E-state index contributed by atoms with van der Waals surface area (Å²) in [6, 6.07) is 0. The topological polar surface area (TPSA) is 67.6 Å². The van der Waals surface area contributed by atoms with Gasteiger partial charge in [0.25, 0.3) is 5.91 Å². The molecule has 0 aliphatic carbocycles. The van der Waals surface area contributed by atoms with Crippen molar-refractivity contribution < 1.29 is 14.6 Å². The Morgan fingerprint density at radius 3 is 2.77 bits per heavy atom. The Hall–Kier alpha value is -2.50. The highest BCUT2D eigenvalue weighted by molar-refractivity contribution is 5.86. The van der Waals surface area contributed by atoms with Crippen LogP contribution in [0, 0.1) is 20.8 Å². The van der Waals surface area contributed by atoms with Crippen molar-refractivity contribution >= 4 is 5.91 Å². The first-order valence-electron chi connectivity index (χ1n) is 9.11. The number of aromatic hydroxyl groups is 1. The molecule has 0 spiro atoms. The second-order valence-electron chi connectivity index (χ2n) is 7.67. The number of carbonyl (C=O) groups is 1. The van der Waals surface area contributed by atoms with E-state index in [1.807, 2.05) is 45.1 Å². The molecule has 1 aromatic carbocycles. The molecule has 1 unspecified atom stereocenters. The molecule has 6 heteroatoms. The molecule has 2 aliphatic heterocycles. The molecule has 0 fully saturated rings. The highest BCUT2D eigenvalue weighted by Crippen LogP contribution is 2.43. The fourth-order valence-corrected chi connectivity index (χ4v) is 4.09. The molecule has 1 N–H and O–H groups in total. The lowest BCUT2D eigenvalue weighted by atomic mass is 9.86. The van der Waals surface area contributed by atoms with Crippen LogP contribution in [0.2, 0.25) is 0 Å². The van der Waals surface area contributed by atoms with Gasteiger partial charge in [-0.25, -0.2) is 4.98 Å². The summed E-state index contributed by atoms with van der Waals surface area (Å²) >= 11 is 0. The minimum atomic E-state index is -0.879. The van der Waals surface area contributed by atoms with Crippen LogP contribution in [0.5, 0.6) is 11.5 Å². The zero-order chi connectivity index (χ0) is 18.6. The van der Waals surface area contributed by atoms with Gasteiger partial charge in [0.2, 0.25) is 0 Å². The molecule has 138 valence electrons. The second-order valence-corrected chi connectivity index (χ2v) is 7.67. The number of phenolic OH excluding ortho intramolecular Hbond substituents is 1. The van der Waals surface area contributed by atoms with Crippen LogP contribution < -0.4 is 4.74 Å². The van der Waals surface area contributed by atoms with Crippen molar-refractivity contribution in [2.45, 2.75) is 59.2 Å². The minimum Gasteiger partial charge on any atom is -0.507 e. The highest BCUT2D eigenvalue weighted by atomic mass is 16.5. The van der Waals surface area contributed by atoms with Crippen LogP contribution in [0.4, 0.5) is 0 Å². The summed E-state index contributed by atoms with van der Waals surface area (Å²) in [6.07, 6.45) is 4.97. The first-order chi connectivity index (χ1) is 12.3. The van der Waals surface area contributed by atoms with Gasteiger partial charge >= 0.3 is 0 Å². The summed E-state index contributed by atoms with van der Waals surface area (Å²) in [4.78, 5) is 19.3. The Labute approximate surface area is 153 Å². The van der Waals surface area contributed by atoms with Gasteiger partial charge in [0.05, 0.1) is 18.6 Å². The molecule has 2 aliphatic rings. The van der Waals surface area contributed by atoms with Crippen LogP contribution in [0.25, 0.3) is 0 Å². The second kappa shape index (κ2) is 5.76. The molecule has 26 heavy (non-hydrogen) atoms. The third-order valence-electron chi connectivity index (χ3n) is 6.02. The molecule has 0 bridgehead atoms. The zero-order valence-electron chi connectivity index (χ0n) is 15.8. The fraction of sp³-hybridized carbons (Fsp3) is 0.500. The summed E-state index contributed by atoms with van der Waals surface area (Å²) in [5.41, 5.74) is 3.79. The molecule has 2 aromatic rings.